The van der Waals surface area contributed by atoms with Gasteiger partial charge in [-0.05, 0) is 104 Å². The van der Waals surface area contributed by atoms with Crippen LogP contribution in [0.1, 0.15) is 98.8 Å². The van der Waals surface area contributed by atoms with E-state index in [-0.39, 0.29) is 28.8 Å². The van der Waals surface area contributed by atoms with E-state index in [1.165, 1.54) is 5.57 Å². The Balaban J connectivity index is 0.789. The molecule has 0 aromatic rings. The lowest BCUT2D eigenvalue weighted by molar-refractivity contribution is -0.385. The summed E-state index contributed by atoms with van der Waals surface area (Å²) in [4.78, 5) is 14.5. The van der Waals surface area contributed by atoms with Crippen molar-refractivity contribution in [1.29, 1.82) is 0 Å². The van der Waals surface area contributed by atoms with Crippen LogP contribution in [0.3, 0.4) is 0 Å². The highest BCUT2D eigenvalue weighted by Gasteiger charge is 2.61. The highest BCUT2D eigenvalue weighted by molar-refractivity contribution is 5.72. The van der Waals surface area contributed by atoms with Crippen LogP contribution in [0.15, 0.2) is 11.6 Å². The molecular formula is C64H106O33. The molecule has 0 aromatic carbocycles. The van der Waals surface area contributed by atoms with Gasteiger partial charge in [-0.3, -0.25) is 4.79 Å². The first-order valence-electron chi connectivity index (χ1n) is 34.3. The zero-order chi connectivity index (χ0) is 70.6. The molecule has 0 bridgehead atoms. The lowest BCUT2D eigenvalue weighted by Crippen LogP contribution is -2.67. The van der Waals surface area contributed by atoms with Crippen molar-refractivity contribution in [3.8, 4) is 0 Å². The lowest BCUT2D eigenvalue weighted by atomic mass is 9.47. The van der Waals surface area contributed by atoms with Gasteiger partial charge in [-0.2, -0.15) is 0 Å². The van der Waals surface area contributed by atoms with E-state index in [9.17, 15) is 107 Å². The maximum absolute atomic E-state index is 14.5. The highest BCUT2D eigenvalue weighted by Crippen LogP contribution is 2.67. The Hall–Kier alpha value is -2.03. The Bertz CT molecular complexity index is 2550. The summed E-state index contributed by atoms with van der Waals surface area (Å²) in [6.07, 6.45) is -42.7. The summed E-state index contributed by atoms with van der Waals surface area (Å²) in [5.74, 6) is -0.0281. The Kier molecular flexibility index (Phi) is 25.7. The maximum Gasteiger partial charge on any atom is 0.311 e. The number of carbonyl (C=O) groups is 1. The summed E-state index contributed by atoms with van der Waals surface area (Å²) in [5, 5.41) is 213. The average molecular weight is 1400 g/mol. The van der Waals surface area contributed by atoms with E-state index in [0.29, 0.717) is 42.9 Å². The number of hydrogen-bond acceptors (Lipinski definition) is 33. The third-order valence-electron chi connectivity index (χ3n) is 23.8. The van der Waals surface area contributed by atoms with Crippen molar-refractivity contribution in [2.24, 2.45) is 52.3 Å². The molecule has 10 rings (SSSR count). The van der Waals surface area contributed by atoms with Gasteiger partial charge in [0.15, 0.2) is 37.6 Å². The number of hydrogen-bond donors (Lipinski definition) is 20. The number of ether oxygens (including phenoxy) is 12. The Morgan fingerprint density at radius 1 is 0.464 bits per heavy atom. The predicted molar refractivity (Wildman–Crippen MR) is 321 cm³/mol. The summed E-state index contributed by atoms with van der Waals surface area (Å²) < 4.78 is 69.6. The fourth-order valence-electron chi connectivity index (χ4n) is 17.5. The summed E-state index contributed by atoms with van der Waals surface area (Å²) in [7, 11) is 0. The number of esters is 1. The molecule has 0 spiro atoms. The van der Waals surface area contributed by atoms with E-state index in [1.807, 2.05) is 6.92 Å². The molecule has 6 heterocycles. The predicted octanol–water partition coefficient (Wildman–Crippen LogP) is -6.92. The normalized spacial score (nSPS) is 51.3. The number of allylic oxidation sites excluding steroid dienone is 1. The molecule has 97 heavy (non-hydrogen) atoms. The highest BCUT2D eigenvalue weighted by atomic mass is 16.8. The number of carbonyl (C=O) groups excluding carboxylic acids is 1. The standard InChI is InChI=1S/C64H106O33/c1-23(6-7-24(2)29-10-11-30-28-9-8-26-16-27(12-14-63(26,4)31(28)13-15-64(29,30)5)87-58-48(80)42(74)38(70)32(17-65)88-58)25(3)56(85)97-62-55(96-61-52(84)47(79)54(36(21-69)92-61)95-60-50(82)44(76)40(72)34(19-67)90-60)45(77)41(73)37(93-62)22-86-57-51(83)46(78)53(35(20-68)91-57)94-59-49(81)43(75)39(71)33(18-66)89-59/h8,23-25,27-55,57-62,65-84H,6-7,9-22H2,1-5H3. The van der Waals surface area contributed by atoms with Gasteiger partial charge in [0.1, 0.15) is 140 Å². The van der Waals surface area contributed by atoms with Crippen LogP contribution < -0.4 is 0 Å². The summed E-state index contributed by atoms with van der Waals surface area (Å²) in [6, 6.07) is 0. The monoisotopic (exact) mass is 1400 g/mol. The van der Waals surface area contributed by atoms with Gasteiger partial charge in [0.2, 0.25) is 6.29 Å². The van der Waals surface area contributed by atoms with Gasteiger partial charge in [-0.1, -0.05) is 52.7 Å². The van der Waals surface area contributed by atoms with Crippen LogP contribution >= 0.6 is 0 Å². The first kappa shape index (κ1) is 77.6. The molecule has 0 aromatic heterocycles. The minimum absolute atomic E-state index is 0.0509. The van der Waals surface area contributed by atoms with Crippen LogP contribution in [0.2, 0.25) is 0 Å². The molecular weight excluding hydrogens is 1300 g/mol. The smallest absolute Gasteiger partial charge is 0.311 e. The van der Waals surface area contributed by atoms with Crippen LogP contribution in [0, 0.1) is 52.3 Å². The van der Waals surface area contributed by atoms with E-state index < -0.39 is 236 Å². The van der Waals surface area contributed by atoms with E-state index in [4.69, 9.17) is 56.8 Å². The first-order valence-corrected chi connectivity index (χ1v) is 34.3. The molecule has 6 saturated heterocycles. The van der Waals surface area contributed by atoms with Crippen LogP contribution in [-0.4, -0.2) is 338 Å². The largest absolute Gasteiger partial charge is 0.432 e. The Morgan fingerprint density at radius 2 is 0.897 bits per heavy atom. The van der Waals surface area contributed by atoms with Gasteiger partial charge in [0, 0.05) is 0 Å². The van der Waals surface area contributed by atoms with Gasteiger partial charge in [0.25, 0.3) is 0 Å². The van der Waals surface area contributed by atoms with Gasteiger partial charge >= 0.3 is 5.97 Å². The third-order valence-corrected chi connectivity index (χ3v) is 23.8. The van der Waals surface area contributed by atoms with Crippen LogP contribution in [0.4, 0.5) is 0 Å². The second-order valence-electron chi connectivity index (χ2n) is 29.4. The third kappa shape index (κ3) is 15.3. The van der Waals surface area contributed by atoms with Crippen molar-refractivity contribution in [3.63, 3.8) is 0 Å². The molecule has 0 amide bonds. The molecule has 3 saturated carbocycles. The van der Waals surface area contributed by atoms with Gasteiger partial charge in [0.05, 0.1) is 51.7 Å². The molecule has 4 aliphatic carbocycles. The number of aliphatic hydroxyl groups excluding tert-OH is 20. The van der Waals surface area contributed by atoms with Crippen molar-refractivity contribution < 1.29 is 164 Å². The molecule has 20 N–H and O–H groups in total. The van der Waals surface area contributed by atoms with E-state index >= 15 is 0 Å². The molecule has 9 fully saturated rings. The molecule has 33 nitrogen and oxygen atoms in total. The number of fused-ring (bicyclic) bond motifs is 5. The SMILES string of the molecule is CC(CCC(C)C1CCC2C3CC=C4CC(OC5OC(CO)C(O)C(O)C5O)CCC4(C)C3CCC12C)C(C)C(=O)OC1OC(COC2OC(CO)C(OC3OC(CO)C(O)C(O)C3O)C(O)C2O)C(O)C(O)C1OC1OC(CO)C(OC2OC(CO)C(O)C(O)C2O)C(O)C1O. The molecule has 6 aliphatic heterocycles. The van der Waals surface area contributed by atoms with Gasteiger partial charge in [-0.15, -0.1) is 0 Å². The van der Waals surface area contributed by atoms with E-state index in [2.05, 4.69) is 26.8 Å². The Labute approximate surface area is 560 Å². The van der Waals surface area contributed by atoms with Crippen molar-refractivity contribution >= 4 is 5.97 Å². The number of rotatable bonds is 23. The molecule has 10 aliphatic rings. The molecule has 40 unspecified atom stereocenters. The fraction of sp³-hybridized carbons (Fsp3) is 0.953. The second-order valence-corrected chi connectivity index (χ2v) is 29.4. The molecule has 560 valence electrons. The lowest BCUT2D eigenvalue weighted by Gasteiger charge is -2.58. The quantitative estimate of drug-likeness (QED) is 0.0334. The second kappa shape index (κ2) is 32.1. The zero-order valence-electron chi connectivity index (χ0n) is 55.1. The van der Waals surface area contributed by atoms with Crippen molar-refractivity contribution in [2.45, 2.75) is 289 Å². The maximum atomic E-state index is 14.5. The van der Waals surface area contributed by atoms with Crippen molar-refractivity contribution in [2.75, 3.05) is 39.6 Å². The van der Waals surface area contributed by atoms with Crippen molar-refractivity contribution in [3.05, 3.63) is 11.6 Å². The van der Waals surface area contributed by atoms with Crippen LogP contribution in [0.5, 0.6) is 0 Å². The number of aliphatic hydroxyl groups is 20. The van der Waals surface area contributed by atoms with Crippen molar-refractivity contribution in [1.82, 2.24) is 0 Å². The molecule has 33 heteroatoms. The fourth-order valence-corrected chi connectivity index (χ4v) is 17.5. The molecule has 0 radical (unpaired) electrons. The van der Waals surface area contributed by atoms with Crippen LogP contribution in [-0.2, 0) is 61.6 Å². The van der Waals surface area contributed by atoms with Crippen LogP contribution in [0.25, 0.3) is 0 Å². The van der Waals surface area contributed by atoms with E-state index in [1.54, 1.807) is 6.92 Å². The summed E-state index contributed by atoms with van der Waals surface area (Å²) >= 11 is 0. The van der Waals surface area contributed by atoms with Gasteiger partial charge < -0.3 is 159 Å². The molecule has 40 atom stereocenters. The summed E-state index contributed by atoms with van der Waals surface area (Å²) in [5.41, 5.74) is 1.32. The van der Waals surface area contributed by atoms with Gasteiger partial charge in [-0.25, -0.2) is 0 Å². The average Bonchev–Trinajstić information content (AvgIpc) is 1.68. The minimum atomic E-state index is -2.17. The first-order chi connectivity index (χ1) is 46.0. The zero-order valence-corrected chi connectivity index (χ0v) is 55.1. The Morgan fingerprint density at radius 3 is 1.41 bits per heavy atom. The topological polar surface area (TPSA) is 532 Å². The summed E-state index contributed by atoms with van der Waals surface area (Å²) in [6.45, 7) is 5.64. The minimum Gasteiger partial charge on any atom is -0.432 e. The van der Waals surface area contributed by atoms with E-state index in [0.717, 1.165) is 44.9 Å².